The molecule has 1 amide bonds. The van der Waals surface area contributed by atoms with Gasteiger partial charge in [0.05, 0.1) is 17.2 Å². The third-order valence-electron chi connectivity index (χ3n) is 7.39. The van der Waals surface area contributed by atoms with Gasteiger partial charge in [-0.2, -0.15) is 5.26 Å². The quantitative estimate of drug-likeness (QED) is 0.719. The number of pyridine rings is 1. The Morgan fingerprint density at radius 2 is 2.03 bits per heavy atom. The summed E-state index contributed by atoms with van der Waals surface area (Å²) >= 11 is 0. The maximum Gasteiger partial charge on any atom is 0.248 e. The van der Waals surface area contributed by atoms with E-state index in [9.17, 15) is 9.18 Å². The fourth-order valence-electron chi connectivity index (χ4n) is 5.45. The molecule has 3 atom stereocenters. The normalized spacial score (nSPS) is 25.8. The number of likely N-dealkylation sites (tertiary alicyclic amines) is 1. The summed E-state index contributed by atoms with van der Waals surface area (Å²) in [6.45, 7) is 3.56. The molecule has 0 spiro atoms. The van der Waals surface area contributed by atoms with Crippen LogP contribution in [0.5, 0.6) is 0 Å². The number of piperazine rings is 1. The number of nitrogens with zero attached hydrogens (tertiary/aromatic N) is 4. The molecule has 2 saturated heterocycles. The molecule has 2 bridgehead atoms. The average molecular weight is 435 g/mol. The van der Waals surface area contributed by atoms with Crippen molar-refractivity contribution in [2.75, 3.05) is 24.6 Å². The van der Waals surface area contributed by atoms with Crippen LogP contribution in [0.1, 0.15) is 43.7 Å². The Morgan fingerprint density at radius 3 is 2.62 bits per heavy atom. The first-order chi connectivity index (χ1) is 15.5. The van der Waals surface area contributed by atoms with E-state index in [1.807, 2.05) is 11.0 Å². The third-order valence-corrected chi connectivity index (χ3v) is 7.39. The Labute approximate surface area is 187 Å². The van der Waals surface area contributed by atoms with Crippen LogP contribution in [0, 0.1) is 23.1 Å². The second kappa shape index (κ2) is 8.18. The molecule has 0 radical (unpaired) electrons. The maximum atomic E-state index is 13.3. The van der Waals surface area contributed by atoms with Crippen LogP contribution in [0.2, 0.25) is 0 Å². The van der Waals surface area contributed by atoms with E-state index in [4.69, 9.17) is 10.00 Å². The van der Waals surface area contributed by atoms with Crippen LogP contribution < -0.4 is 4.90 Å². The van der Waals surface area contributed by atoms with Gasteiger partial charge in [0.1, 0.15) is 24.3 Å². The minimum atomic E-state index is -0.468. The van der Waals surface area contributed by atoms with Crippen LogP contribution in [-0.2, 0) is 15.1 Å². The van der Waals surface area contributed by atoms with Crippen molar-refractivity contribution in [2.24, 2.45) is 5.92 Å². The van der Waals surface area contributed by atoms with Crippen molar-refractivity contribution >= 4 is 11.7 Å². The lowest BCUT2D eigenvalue weighted by molar-refractivity contribution is -0.154. The van der Waals surface area contributed by atoms with Crippen LogP contribution in [0.15, 0.2) is 42.6 Å². The zero-order valence-electron chi connectivity index (χ0n) is 18.2. The van der Waals surface area contributed by atoms with Crippen molar-refractivity contribution in [2.45, 2.75) is 50.3 Å². The number of amides is 1. The predicted octanol–water partition coefficient (Wildman–Crippen LogP) is 3.61. The minimum Gasteiger partial charge on any atom is -0.360 e. The third kappa shape index (κ3) is 3.63. The van der Waals surface area contributed by atoms with Crippen molar-refractivity contribution in [3.05, 3.63) is 59.5 Å². The van der Waals surface area contributed by atoms with Crippen molar-refractivity contribution in [1.82, 2.24) is 9.88 Å². The van der Waals surface area contributed by atoms with Gasteiger partial charge in [-0.1, -0.05) is 19.1 Å². The molecule has 32 heavy (non-hydrogen) atoms. The number of aromatic nitrogens is 1. The van der Waals surface area contributed by atoms with Gasteiger partial charge < -0.3 is 14.5 Å². The second-order valence-electron chi connectivity index (χ2n) is 9.30. The molecule has 166 valence electrons. The summed E-state index contributed by atoms with van der Waals surface area (Å²) in [4.78, 5) is 21.8. The number of ether oxygens (including phenoxy) is 1. The molecule has 7 heteroatoms. The standard InChI is InChI=1S/C25H27FN4O2/c1-17-11-21-14-29(15-22(17)30(21)23-8-3-18(12-27)13-28-23)24(31)16-32-25(9-2-10-25)19-4-6-20(26)7-5-19/h3-8,13,17,21-22H,2,9-11,14-16H2,1H3/t17-,21?,22?/m0/s1. The molecule has 3 aliphatic rings. The van der Waals surface area contributed by atoms with Crippen molar-refractivity contribution in [1.29, 1.82) is 5.26 Å². The smallest absolute Gasteiger partial charge is 0.248 e. The van der Waals surface area contributed by atoms with E-state index in [0.29, 0.717) is 24.6 Å². The molecular weight excluding hydrogens is 407 g/mol. The fraction of sp³-hybridized carbons (Fsp3) is 0.480. The highest BCUT2D eigenvalue weighted by Crippen LogP contribution is 2.45. The number of rotatable bonds is 5. The first-order valence-electron chi connectivity index (χ1n) is 11.3. The molecule has 1 aromatic heterocycles. The van der Waals surface area contributed by atoms with E-state index < -0.39 is 5.60 Å². The Morgan fingerprint density at radius 1 is 1.25 bits per heavy atom. The lowest BCUT2D eigenvalue weighted by Gasteiger charge is -2.44. The average Bonchev–Trinajstić information content (AvgIpc) is 2.98. The lowest BCUT2D eigenvalue weighted by atomic mass is 9.75. The summed E-state index contributed by atoms with van der Waals surface area (Å²) in [5, 5.41) is 9.03. The highest BCUT2D eigenvalue weighted by molar-refractivity contribution is 5.78. The molecule has 1 aromatic carbocycles. The fourth-order valence-corrected chi connectivity index (χ4v) is 5.45. The highest BCUT2D eigenvalue weighted by atomic mass is 19.1. The number of fused-ring (bicyclic) bond motifs is 2. The molecule has 1 saturated carbocycles. The van der Waals surface area contributed by atoms with Gasteiger partial charge in [-0.05, 0) is 61.4 Å². The second-order valence-corrected chi connectivity index (χ2v) is 9.30. The lowest BCUT2D eigenvalue weighted by Crippen LogP contribution is -2.57. The van der Waals surface area contributed by atoms with Crippen molar-refractivity contribution in [3.8, 4) is 6.07 Å². The van der Waals surface area contributed by atoms with Gasteiger partial charge in [-0.15, -0.1) is 0 Å². The van der Waals surface area contributed by atoms with Gasteiger partial charge in [0.25, 0.3) is 0 Å². The zero-order valence-corrected chi connectivity index (χ0v) is 18.2. The largest absolute Gasteiger partial charge is 0.360 e. The molecule has 2 aromatic rings. The molecule has 3 fully saturated rings. The summed E-state index contributed by atoms with van der Waals surface area (Å²) in [5.74, 6) is 1.07. The molecule has 6 nitrogen and oxygen atoms in total. The van der Waals surface area contributed by atoms with E-state index in [1.54, 1.807) is 24.4 Å². The highest BCUT2D eigenvalue weighted by Gasteiger charge is 2.46. The number of anilines is 1. The number of carbonyl (C=O) groups excluding carboxylic acids is 1. The first-order valence-corrected chi connectivity index (χ1v) is 11.3. The van der Waals surface area contributed by atoms with Gasteiger partial charge in [0.2, 0.25) is 5.91 Å². The number of nitriles is 1. The van der Waals surface area contributed by atoms with Crippen molar-refractivity contribution in [3.63, 3.8) is 0 Å². The SMILES string of the molecule is C[C@H]1CC2CN(C(=O)COC3(c4ccc(F)cc4)CCC3)CC1N2c1ccc(C#N)cn1. The van der Waals surface area contributed by atoms with Gasteiger partial charge >= 0.3 is 0 Å². The van der Waals surface area contributed by atoms with Gasteiger partial charge in [0.15, 0.2) is 0 Å². The molecule has 2 aliphatic heterocycles. The minimum absolute atomic E-state index is 0.00919. The van der Waals surface area contributed by atoms with Crippen LogP contribution in [0.3, 0.4) is 0 Å². The summed E-state index contributed by atoms with van der Waals surface area (Å²) in [6, 6.07) is 12.7. The molecule has 5 rings (SSSR count). The number of benzene rings is 1. The topological polar surface area (TPSA) is 69.5 Å². The Kier molecular flexibility index (Phi) is 5.34. The number of halogens is 1. The van der Waals surface area contributed by atoms with Crippen LogP contribution >= 0.6 is 0 Å². The summed E-state index contributed by atoms with van der Waals surface area (Å²) in [5.41, 5.74) is 1.03. The molecule has 2 unspecified atom stereocenters. The summed E-state index contributed by atoms with van der Waals surface area (Å²) in [7, 11) is 0. The van der Waals surface area contributed by atoms with Crippen LogP contribution in [0.25, 0.3) is 0 Å². The maximum absolute atomic E-state index is 13.3. The van der Waals surface area contributed by atoms with Crippen LogP contribution in [-0.4, -0.2) is 47.6 Å². The van der Waals surface area contributed by atoms with Crippen molar-refractivity contribution < 1.29 is 13.9 Å². The Balaban J connectivity index is 1.25. The Hall–Kier alpha value is -2.98. The number of hydrogen-bond donors (Lipinski definition) is 0. The molecule has 0 N–H and O–H groups in total. The number of carbonyl (C=O) groups is 1. The molecular formula is C25H27FN4O2. The van der Waals surface area contributed by atoms with Gasteiger partial charge in [-0.25, -0.2) is 9.37 Å². The predicted molar refractivity (Wildman–Crippen MR) is 117 cm³/mol. The summed E-state index contributed by atoms with van der Waals surface area (Å²) in [6.07, 6.45) is 5.37. The Bertz CT molecular complexity index is 1030. The molecule has 3 heterocycles. The van der Waals surface area contributed by atoms with E-state index in [2.05, 4.69) is 22.9 Å². The molecule has 1 aliphatic carbocycles. The van der Waals surface area contributed by atoms with Gasteiger partial charge in [0, 0.05) is 25.3 Å². The first kappa shape index (κ1) is 20.9. The monoisotopic (exact) mass is 434 g/mol. The van der Waals surface area contributed by atoms with Gasteiger partial charge in [-0.3, -0.25) is 4.79 Å². The van der Waals surface area contributed by atoms with E-state index in [0.717, 1.165) is 37.1 Å². The number of hydrogen-bond acceptors (Lipinski definition) is 5. The van der Waals surface area contributed by atoms with E-state index in [1.165, 1.54) is 12.1 Å². The summed E-state index contributed by atoms with van der Waals surface area (Å²) < 4.78 is 19.5. The van der Waals surface area contributed by atoms with E-state index >= 15 is 0 Å². The zero-order chi connectivity index (χ0) is 22.3. The van der Waals surface area contributed by atoms with E-state index in [-0.39, 0.29) is 30.4 Å². The van der Waals surface area contributed by atoms with Crippen LogP contribution in [0.4, 0.5) is 10.2 Å².